The Kier molecular flexibility index (Phi) is 5.93. The smallest absolute Gasteiger partial charge is 0.284 e. The van der Waals surface area contributed by atoms with Crippen molar-refractivity contribution in [3.05, 3.63) is 52.0 Å². The van der Waals surface area contributed by atoms with Gasteiger partial charge < -0.3 is 14.2 Å². The van der Waals surface area contributed by atoms with Crippen LogP contribution in [0.25, 0.3) is 0 Å². The number of amides is 1. The van der Waals surface area contributed by atoms with Gasteiger partial charge in [0.05, 0.1) is 13.3 Å². The number of benzene rings is 2. The number of fused-ring (bicyclic) bond motifs is 1. The molecule has 2 aromatic rings. The maximum Gasteiger partial charge on any atom is 0.284 e. The first-order valence-electron chi connectivity index (χ1n) is 8.88. The molecule has 0 bridgehead atoms. The van der Waals surface area contributed by atoms with Crippen molar-refractivity contribution in [3.8, 4) is 17.2 Å². The van der Waals surface area contributed by atoms with Crippen LogP contribution in [0.4, 0.5) is 0 Å². The molecule has 0 saturated carbocycles. The normalized spacial score (nSPS) is 16.1. The lowest BCUT2D eigenvalue weighted by atomic mass is 9.87. The molecule has 0 radical (unpaired) electrons. The van der Waals surface area contributed by atoms with Crippen molar-refractivity contribution in [1.82, 2.24) is 5.43 Å². The molecule has 1 heterocycles. The number of carbonyl (C=O) groups excluding carboxylic acids is 1. The fourth-order valence-corrected chi connectivity index (χ4v) is 3.09. The Bertz CT molecular complexity index is 906. The summed E-state index contributed by atoms with van der Waals surface area (Å²) in [6.07, 6.45) is 0.751. The van der Waals surface area contributed by atoms with E-state index in [9.17, 15) is 4.79 Å². The van der Waals surface area contributed by atoms with Gasteiger partial charge in [-0.15, -0.1) is 0 Å². The fourth-order valence-electron chi connectivity index (χ4n) is 2.71. The molecular formula is C21H23BrN2O4. The molecule has 0 fully saturated rings. The summed E-state index contributed by atoms with van der Waals surface area (Å²) in [5, 5.41) is 4.02. The number of hydrogen-bond donors (Lipinski definition) is 1. The number of hydrazone groups is 1. The number of hydrogen-bond acceptors (Lipinski definition) is 5. The SMILES string of the molecule is COc1ccc(Br)cc1/C=N\NC(=O)C1COc2ccc(C(C)(C)C)cc2O1. The summed E-state index contributed by atoms with van der Waals surface area (Å²) in [5.41, 5.74) is 4.32. The molecule has 0 spiro atoms. The van der Waals surface area contributed by atoms with Crippen molar-refractivity contribution < 1.29 is 19.0 Å². The van der Waals surface area contributed by atoms with Crippen molar-refractivity contribution in [2.24, 2.45) is 5.10 Å². The van der Waals surface area contributed by atoms with Gasteiger partial charge in [0, 0.05) is 10.0 Å². The Morgan fingerprint density at radius 2 is 2.04 bits per heavy atom. The molecule has 1 aliphatic rings. The van der Waals surface area contributed by atoms with Gasteiger partial charge in [0.2, 0.25) is 6.10 Å². The number of ether oxygens (including phenoxy) is 3. The lowest BCUT2D eigenvalue weighted by Gasteiger charge is -2.27. The first kappa shape index (κ1) is 20.2. The van der Waals surface area contributed by atoms with Crippen LogP contribution >= 0.6 is 15.9 Å². The van der Waals surface area contributed by atoms with E-state index in [4.69, 9.17) is 14.2 Å². The van der Waals surface area contributed by atoms with Crippen molar-refractivity contribution >= 4 is 28.1 Å². The maximum absolute atomic E-state index is 12.4. The van der Waals surface area contributed by atoms with Crippen LogP contribution in [-0.4, -0.2) is 31.9 Å². The highest BCUT2D eigenvalue weighted by Crippen LogP contribution is 2.36. The van der Waals surface area contributed by atoms with Gasteiger partial charge in [-0.3, -0.25) is 4.79 Å². The summed E-state index contributed by atoms with van der Waals surface area (Å²) in [5.74, 6) is 1.48. The summed E-state index contributed by atoms with van der Waals surface area (Å²) in [6, 6.07) is 11.3. The summed E-state index contributed by atoms with van der Waals surface area (Å²) in [7, 11) is 1.58. The predicted octanol–water partition coefficient (Wildman–Crippen LogP) is 4.05. The number of nitrogens with zero attached hydrogens (tertiary/aromatic N) is 1. The number of methoxy groups -OCH3 is 1. The van der Waals surface area contributed by atoms with Gasteiger partial charge in [-0.1, -0.05) is 42.8 Å². The number of halogens is 1. The molecule has 0 saturated heterocycles. The average molecular weight is 447 g/mol. The van der Waals surface area contributed by atoms with Crippen LogP contribution in [0.1, 0.15) is 31.9 Å². The number of nitrogens with one attached hydrogen (secondary N) is 1. The number of carbonyl (C=O) groups is 1. The molecule has 28 heavy (non-hydrogen) atoms. The molecule has 1 aliphatic heterocycles. The summed E-state index contributed by atoms with van der Waals surface area (Å²) >= 11 is 3.40. The molecular weight excluding hydrogens is 424 g/mol. The van der Waals surface area contributed by atoms with E-state index in [2.05, 4.69) is 47.2 Å². The first-order chi connectivity index (χ1) is 13.3. The van der Waals surface area contributed by atoms with Crippen LogP contribution in [0, 0.1) is 0 Å². The monoisotopic (exact) mass is 446 g/mol. The third-order valence-electron chi connectivity index (χ3n) is 4.33. The minimum atomic E-state index is -0.774. The van der Waals surface area contributed by atoms with E-state index in [-0.39, 0.29) is 17.9 Å². The van der Waals surface area contributed by atoms with Crippen molar-refractivity contribution in [2.75, 3.05) is 13.7 Å². The van der Waals surface area contributed by atoms with Crippen LogP contribution in [0.15, 0.2) is 46.0 Å². The Balaban J connectivity index is 1.67. The summed E-state index contributed by atoms with van der Waals surface area (Å²) in [6.45, 7) is 6.48. The quantitative estimate of drug-likeness (QED) is 0.568. The molecule has 148 valence electrons. The molecule has 1 unspecified atom stereocenters. The van der Waals surface area contributed by atoms with Crippen LogP contribution in [0.2, 0.25) is 0 Å². The minimum absolute atomic E-state index is 0.0269. The van der Waals surface area contributed by atoms with Gasteiger partial charge in [-0.25, -0.2) is 5.43 Å². The van der Waals surface area contributed by atoms with E-state index in [1.807, 2.05) is 36.4 Å². The highest BCUT2D eigenvalue weighted by Gasteiger charge is 2.28. The zero-order valence-electron chi connectivity index (χ0n) is 16.3. The Labute approximate surface area is 173 Å². The predicted molar refractivity (Wildman–Crippen MR) is 111 cm³/mol. The molecule has 1 atom stereocenters. The second-order valence-corrected chi connectivity index (χ2v) is 8.37. The Morgan fingerprint density at radius 3 is 2.75 bits per heavy atom. The summed E-state index contributed by atoms with van der Waals surface area (Å²) in [4.78, 5) is 12.4. The second-order valence-electron chi connectivity index (χ2n) is 7.45. The van der Waals surface area contributed by atoms with Gasteiger partial charge in [0.15, 0.2) is 11.5 Å². The molecule has 3 rings (SSSR count). The van der Waals surface area contributed by atoms with Crippen molar-refractivity contribution in [1.29, 1.82) is 0 Å². The molecule has 1 amide bonds. The van der Waals surface area contributed by atoms with E-state index < -0.39 is 6.10 Å². The standard InChI is InChI=1S/C21H23BrN2O4/c1-21(2,3)14-5-7-17-18(10-14)28-19(12-27-17)20(25)24-23-11-13-9-15(22)6-8-16(13)26-4/h5-11,19H,12H2,1-4H3,(H,24,25)/b23-11-. The summed E-state index contributed by atoms with van der Waals surface area (Å²) < 4.78 is 17.7. The zero-order valence-corrected chi connectivity index (χ0v) is 17.9. The van der Waals surface area contributed by atoms with Gasteiger partial charge in [-0.2, -0.15) is 5.10 Å². The van der Waals surface area contributed by atoms with Gasteiger partial charge in [0.25, 0.3) is 5.91 Å². The first-order valence-corrected chi connectivity index (χ1v) is 9.67. The van der Waals surface area contributed by atoms with Crippen molar-refractivity contribution in [3.63, 3.8) is 0 Å². The van der Waals surface area contributed by atoms with Gasteiger partial charge in [0.1, 0.15) is 12.4 Å². The third-order valence-corrected chi connectivity index (χ3v) is 4.82. The maximum atomic E-state index is 12.4. The Hall–Kier alpha value is -2.54. The van der Waals surface area contributed by atoms with E-state index in [1.165, 1.54) is 6.21 Å². The lowest BCUT2D eigenvalue weighted by Crippen LogP contribution is -2.42. The van der Waals surface area contributed by atoms with Crippen LogP contribution in [0.5, 0.6) is 17.2 Å². The van der Waals surface area contributed by atoms with Crippen LogP contribution < -0.4 is 19.6 Å². The van der Waals surface area contributed by atoms with E-state index in [1.54, 1.807) is 7.11 Å². The van der Waals surface area contributed by atoms with E-state index >= 15 is 0 Å². The highest BCUT2D eigenvalue weighted by molar-refractivity contribution is 9.10. The lowest BCUT2D eigenvalue weighted by molar-refractivity contribution is -0.130. The fraction of sp³-hybridized carbons (Fsp3) is 0.333. The molecule has 7 heteroatoms. The topological polar surface area (TPSA) is 69.2 Å². The van der Waals surface area contributed by atoms with Gasteiger partial charge >= 0.3 is 0 Å². The van der Waals surface area contributed by atoms with Crippen LogP contribution in [-0.2, 0) is 10.2 Å². The second kappa shape index (κ2) is 8.22. The Morgan fingerprint density at radius 1 is 1.25 bits per heavy atom. The molecule has 2 aromatic carbocycles. The molecule has 0 aliphatic carbocycles. The highest BCUT2D eigenvalue weighted by atomic mass is 79.9. The third kappa shape index (κ3) is 4.65. The zero-order chi connectivity index (χ0) is 20.3. The minimum Gasteiger partial charge on any atom is -0.496 e. The average Bonchev–Trinajstić information content (AvgIpc) is 2.66. The van der Waals surface area contributed by atoms with Gasteiger partial charge in [-0.05, 0) is 41.3 Å². The van der Waals surface area contributed by atoms with Crippen molar-refractivity contribution in [2.45, 2.75) is 32.3 Å². The molecule has 1 N–H and O–H groups in total. The molecule has 0 aromatic heterocycles. The molecule has 6 nitrogen and oxygen atoms in total. The van der Waals surface area contributed by atoms with Crippen LogP contribution in [0.3, 0.4) is 0 Å². The van der Waals surface area contributed by atoms with E-state index in [0.717, 1.165) is 15.6 Å². The number of rotatable bonds is 4. The van der Waals surface area contributed by atoms with E-state index in [0.29, 0.717) is 17.2 Å². The largest absolute Gasteiger partial charge is 0.496 e.